The summed E-state index contributed by atoms with van der Waals surface area (Å²) in [6.45, 7) is 2.57. The van der Waals surface area contributed by atoms with Gasteiger partial charge in [-0.25, -0.2) is 8.42 Å². The second-order valence-corrected chi connectivity index (χ2v) is 6.59. The fourth-order valence-electron chi connectivity index (χ4n) is 1.78. The van der Waals surface area contributed by atoms with Gasteiger partial charge < -0.3 is 5.32 Å². The maximum Gasteiger partial charge on any atom is 0.341 e. The van der Waals surface area contributed by atoms with E-state index in [1.54, 1.807) is 0 Å². The molecule has 0 atom stereocenters. The van der Waals surface area contributed by atoms with Crippen LogP contribution in [0.3, 0.4) is 0 Å². The molecule has 2 aromatic carbocycles. The van der Waals surface area contributed by atoms with Crippen molar-refractivity contribution in [1.82, 2.24) is 0 Å². The molecule has 2 rings (SSSR count). The number of halogens is 2. The Kier molecular flexibility index (Phi) is 4.57. The highest BCUT2D eigenvalue weighted by Crippen LogP contribution is 2.20. The fourth-order valence-corrected chi connectivity index (χ4v) is 2.50. The molecule has 0 radical (unpaired) electrons. The Morgan fingerprint density at radius 2 is 1.57 bits per heavy atom. The number of rotatable bonds is 5. The van der Waals surface area contributed by atoms with Crippen LogP contribution in [0.2, 0.25) is 0 Å². The number of alkyl halides is 2. The second kappa shape index (κ2) is 6.22. The van der Waals surface area contributed by atoms with E-state index >= 15 is 0 Å². The second-order valence-electron chi connectivity index (χ2n) is 4.67. The predicted molar refractivity (Wildman–Crippen MR) is 78.1 cm³/mol. The highest BCUT2D eigenvalue weighted by Gasteiger charge is 2.26. The van der Waals surface area contributed by atoms with Gasteiger partial charge in [0.15, 0.2) is 0 Å². The van der Waals surface area contributed by atoms with Crippen molar-refractivity contribution in [2.24, 2.45) is 0 Å². The van der Waals surface area contributed by atoms with Gasteiger partial charge in [0.25, 0.3) is 0 Å². The molecular formula is C15H15F2NO2S. The van der Waals surface area contributed by atoms with E-state index in [0.717, 1.165) is 5.56 Å². The third-order valence-corrected chi connectivity index (χ3v) is 4.43. The summed E-state index contributed by atoms with van der Waals surface area (Å²) in [7, 11) is -4.53. The van der Waals surface area contributed by atoms with Gasteiger partial charge in [-0.1, -0.05) is 29.8 Å². The molecule has 2 aromatic rings. The monoisotopic (exact) mass is 311 g/mol. The van der Waals surface area contributed by atoms with E-state index in [2.05, 4.69) is 5.32 Å². The van der Waals surface area contributed by atoms with Gasteiger partial charge in [0, 0.05) is 12.2 Å². The van der Waals surface area contributed by atoms with Crippen molar-refractivity contribution in [2.45, 2.75) is 24.1 Å². The van der Waals surface area contributed by atoms with Crippen LogP contribution in [0.1, 0.15) is 11.1 Å². The minimum atomic E-state index is -4.53. The lowest BCUT2D eigenvalue weighted by Gasteiger charge is -2.08. The molecule has 112 valence electrons. The van der Waals surface area contributed by atoms with Crippen LogP contribution in [0.4, 0.5) is 14.5 Å². The summed E-state index contributed by atoms with van der Waals surface area (Å²) in [5.74, 6) is -3.40. The van der Waals surface area contributed by atoms with E-state index in [9.17, 15) is 17.2 Å². The molecule has 0 fully saturated rings. The quantitative estimate of drug-likeness (QED) is 0.917. The summed E-state index contributed by atoms with van der Waals surface area (Å²) in [4.78, 5) is -0.376. The smallest absolute Gasteiger partial charge is 0.341 e. The molecule has 0 amide bonds. The standard InChI is InChI=1S/C15H15F2NO2S/c1-11-2-4-12(5-3-11)10-18-13-6-8-14(9-7-13)21(19,20)15(16)17/h2-9,15,18H,10H2,1H3. The molecule has 6 heteroatoms. The number of hydrogen-bond donors (Lipinski definition) is 1. The van der Waals surface area contributed by atoms with Gasteiger partial charge in [-0.05, 0) is 36.8 Å². The van der Waals surface area contributed by atoms with Crippen molar-refractivity contribution in [3.8, 4) is 0 Å². The third kappa shape index (κ3) is 3.78. The highest BCUT2D eigenvalue weighted by atomic mass is 32.2. The first-order valence-electron chi connectivity index (χ1n) is 6.31. The summed E-state index contributed by atoms with van der Waals surface area (Å²) in [6, 6.07) is 13.3. The molecule has 0 saturated heterocycles. The summed E-state index contributed by atoms with van der Waals surface area (Å²) in [5, 5.41) is 3.11. The third-order valence-electron chi connectivity index (χ3n) is 3.03. The first-order valence-corrected chi connectivity index (χ1v) is 7.86. The zero-order chi connectivity index (χ0) is 15.5. The lowest BCUT2D eigenvalue weighted by molar-refractivity contribution is 0.234. The Bertz CT molecular complexity index is 695. The number of sulfone groups is 1. The largest absolute Gasteiger partial charge is 0.381 e. The molecule has 0 spiro atoms. The van der Waals surface area contributed by atoms with Crippen LogP contribution >= 0.6 is 0 Å². The topological polar surface area (TPSA) is 46.2 Å². The van der Waals surface area contributed by atoms with Crippen LogP contribution in [0.25, 0.3) is 0 Å². The number of anilines is 1. The zero-order valence-corrected chi connectivity index (χ0v) is 12.2. The van der Waals surface area contributed by atoms with Crippen molar-refractivity contribution < 1.29 is 17.2 Å². The van der Waals surface area contributed by atoms with E-state index in [0.29, 0.717) is 12.2 Å². The molecule has 0 heterocycles. The molecule has 0 saturated carbocycles. The minimum Gasteiger partial charge on any atom is -0.381 e. The summed E-state index contributed by atoms with van der Waals surface area (Å²) >= 11 is 0. The fraction of sp³-hybridized carbons (Fsp3) is 0.200. The maximum atomic E-state index is 12.4. The van der Waals surface area contributed by atoms with Crippen LogP contribution in [-0.2, 0) is 16.4 Å². The number of hydrogen-bond acceptors (Lipinski definition) is 3. The SMILES string of the molecule is Cc1ccc(CNc2ccc(S(=O)(=O)C(F)F)cc2)cc1. The molecule has 0 unspecified atom stereocenters. The Hall–Kier alpha value is -1.95. The number of nitrogens with one attached hydrogen (secondary N) is 1. The molecule has 1 N–H and O–H groups in total. The van der Waals surface area contributed by atoms with Gasteiger partial charge in [-0.2, -0.15) is 8.78 Å². The van der Waals surface area contributed by atoms with E-state index in [-0.39, 0.29) is 4.90 Å². The lowest BCUT2D eigenvalue weighted by atomic mass is 10.1. The molecule has 3 nitrogen and oxygen atoms in total. The molecular weight excluding hydrogens is 296 g/mol. The van der Waals surface area contributed by atoms with Crippen molar-refractivity contribution in [2.75, 3.05) is 5.32 Å². The normalized spacial score (nSPS) is 11.6. The van der Waals surface area contributed by atoms with Crippen LogP contribution in [0.15, 0.2) is 53.4 Å². The zero-order valence-electron chi connectivity index (χ0n) is 11.4. The van der Waals surface area contributed by atoms with E-state index in [1.807, 2.05) is 31.2 Å². The Labute approximate surface area is 122 Å². The number of aryl methyl sites for hydroxylation is 1. The average Bonchev–Trinajstić information content (AvgIpc) is 2.47. The van der Waals surface area contributed by atoms with E-state index in [4.69, 9.17) is 0 Å². The minimum absolute atomic E-state index is 0.376. The number of benzene rings is 2. The van der Waals surface area contributed by atoms with Crippen molar-refractivity contribution in [3.63, 3.8) is 0 Å². The van der Waals surface area contributed by atoms with E-state index < -0.39 is 15.6 Å². The van der Waals surface area contributed by atoms with Crippen molar-refractivity contribution in [3.05, 3.63) is 59.7 Å². The molecule has 0 aliphatic heterocycles. The first-order chi connectivity index (χ1) is 9.89. The van der Waals surface area contributed by atoms with Gasteiger partial charge in [-0.15, -0.1) is 0 Å². The molecule has 0 aliphatic rings. The Morgan fingerprint density at radius 1 is 1.00 bits per heavy atom. The van der Waals surface area contributed by atoms with Crippen molar-refractivity contribution in [1.29, 1.82) is 0 Å². The first kappa shape index (κ1) is 15.4. The van der Waals surface area contributed by atoms with Crippen molar-refractivity contribution >= 4 is 15.5 Å². The van der Waals surface area contributed by atoms with Crippen LogP contribution in [-0.4, -0.2) is 14.2 Å². The predicted octanol–water partition coefficient (Wildman–Crippen LogP) is 3.60. The van der Waals surface area contributed by atoms with E-state index in [1.165, 1.54) is 29.8 Å². The maximum absolute atomic E-state index is 12.4. The van der Waals surface area contributed by atoms with Crippen LogP contribution < -0.4 is 5.32 Å². The Balaban J connectivity index is 2.05. The highest BCUT2D eigenvalue weighted by molar-refractivity contribution is 7.91. The van der Waals surface area contributed by atoms with Gasteiger partial charge in [-0.3, -0.25) is 0 Å². The van der Waals surface area contributed by atoms with Crippen LogP contribution in [0.5, 0.6) is 0 Å². The van der Waals surface area contributed by atoms with Gasteiger partial charge in [0.2, 0.25) is 9.84 Å². The van der Waals surface area contributed by atoms with Gasteiger partial charge in [0.1, 0.15) is 0 Å². The average molecular weight is 311 g/mol. The summed E-state index contributed by atoms with van der Waals surface area (Å²) < 4.78 is 47.4. The van der Waals surface area contributed by atoms with Crippen LogP contribution in [0, 0.1) is 6.92 Å². The summed E-state index contributed by atoms with van der Waals surface area (Å²) in [6.07, 6.45) is 0. The molecule has 0 aromatic heterocycles. The summed E-state index contributed by atoms with van der Waals surface area (Å²) in [5.41, 5.74) is 2.91. The molecule has 0 bridgehead atoms. The molecule has 21 heavy (non-hydrogen) atoms. The lowest BCUT2D eigenvalue weighted by Crippen LogP contribution is -2.11. The molecule has 0 aliphatic carbocycles. The Morgan fingerprint density at radius 3 is 2.10 bits per heavy atom. The van der Waals surface area contributed by atoms with Gasteiger partial charge >= 0.3 is 5.76 Å². The van der Waals surface area contributed by atoms with Gasteiger partial charge in [0.05, 0.1) is 4.90 Å².